The highest BCUT2D eigenvalue weighted by Crippen LogP contribution is 2.35. The molecule has 0 bridgehead atoms. The van der Waals surface area contributed by atoms with Gasteiger partial charge in [0.2, 0.25) is 0 Å². The SMILES string of the molecule is CC(=O)c1ccc(-c2nccc3[nH]c(-c4[nH]nc5c(F)cc(-c6cccnc6)cc45)nc23)s1. The van der Waals surface area contributed by atoms with E-state index < -0.39 is 5.82 Å². The van der Waals surface area contributed by atoms with Crippen LogP contribution in [0.2, 0.25) is 0 Å². The van der Waals surface area contributed by atoms with Crippen molar-refractivity contribution in [1.82, 2.24) is 30.1 Å². The van der Waals surface area contributed by atoms with Crippen LogP contribution in [-0.2, 0) is 0 Å². The Morgan fingerprint density at radius 1 is 1.06 bits per heavy atom. The predicted octanol–water partition coefficient (Wildman–Crippen LogP) is 5.63. The van der Waals surface area contributed by atoms with Crippen LogP contribution in [-0.4, -0.2) is 35.9 Å². The number of carbonyl (C=O) groups excluding carboxylic acids is 1. The molecule has 5 aromatic heterocycles. The maximum Gasteiger partial charge on any atom is 0.169 e. The lowest BCUT2D eigenvalue weighted by Gasteiger charge is -2.02. The summed E-state index contributed by atoms with van der Waals surface area (Å²) >= 11 is 1.38. The van der Waals surface area contributed by atoms with Gasteiger partial charge in [0.05, 0.1) is 15.3 Å². The van der Waals surface area contributed by atoms with Gasteiger partial charge in [0.15, 0.2) is 17.4 Å². The maximum absolute atomic E-state index is 14.8. The van der Waals surface area contributed by atoms with E-state index in [-0.39, 0.29) is 11.3 Å². The average molecular weight is 454 g/mol. The number of thiophene rings is 1. The minimum absolute atomic E-state index is 0.0107. The highest BCUT2D eigenvalue weighted by atomic mass is 32.1. The molecule has 0 spiro atoms. The summed E-state index contributed by atoms with van der Waals surface area (Å²) in [6.45, 7) is 1.54. The molecule has 0 saturated carbocycles. The van der Waals surface area contributed by atoms with Crippen LogP contribution >= 0.6 is 11.3 Å². The Morgan fingerprint density at radius 3 is 2.76 bits per heavy atom. The largest absolute Gasteiger partial charge is 0.337 e. The number of ketones is 1. The zero-order chi connectivity index (χ0) is 22.5. The van der Waals surface area contributed by atoms with Gasteiger partial charge >= 0.3 is 0 Å². The van der Waals surface area contributed by atoms with Gasteiger partial charge in [0.25, 0.3) is 0 Å². The molecule has 0 aliphatic heterocycles. The molecular formula is C24H15FN6OS. The average Bonchev–Trinajstić information content (AvgIpc) is 3.56. The third-order valence-corrected chi connectivity index (χ3v) is 6.62. The lowest BCUT2D eigenvalue weighted by molar-refractivity contribution is 0.102. The van der Waals surface area contributed by atoms with Gasteiger partial charge in [0, 0.05) is 29.5 Å². The number of aromatic amines is 2. The summed E-state index contributed by atoms with van der Waals surface area (Å²) in [5, 5.41) is 7.71. The first-order valence-corrected chi connectivity index (χ1v) is 10.9. The highest BCUT2D eigenvalue weighted by Gasteiger charge is 2.19. The van der Waals surface area contributed by atoms with E-state index in [0.29, 0.717) is 38.6 Å². The third-order valence-electron chi connectivity index (χ3n) is 5.43. The van der Waals surface area contributed by atoms with Gasteiger partial charge in [-0.3, -0.25) is 19.9 Å². The molecule has 6 rings (SSSR count). The van der Waals surface area contributed by atoms with Crippen molar-refractivity contribution in [2.45, 2.75) is 6.92 Å². The lowest BCUT2D eigenvalue weighted by Crippen LogP contribution is -1.85. The van der Waals surface area contributed by atoms with E-state index in [2.05, 4.69) is 25.1 Å². The number of nitrogens with zero attached hydrogens (tertiary/aromatic N) is 4. The van der Waals surface area contributed by atoms with Crippen molar-refractivity contribution >= 4 is 39.1 Å². The molecule has 5 heterocycles. The Bertz CT molecular complexity index is 1670. The number of aromatic nitrogens is 6. The van der Waals surface area contributed by atoms with E-state index in [1.807, 2.05) is 30.3 Å². The van der Waals surface area contributed by atoms with Crippen molar-refractivity contribution in [1.29, 1.82) is 0 Å². The fraction of sp³-hybridized carbons (Fsp3) is 0.0417. The first-order chi connectivity index (χ1) is 16.1. The fourth-order valence-electron chi connectivity index (χ4n) is 3.84. The fourth-order valence-corrected chi connectivity index (χ4v) is 4.74. The molecule has 7 nitrogen and oxygen atoms in total. The van der Waals surface area contributed by atoms with E-state index in [4.69, 9.17) is 4.98 Å². The molecule has 0 fully saturated rings. The second kappa shape index (κ2) is 7.42. The van der Waals surface area contributed by atoms with E-state index >= 15 is 0 Å². The van der Waals surface area contributed by atoms with Crippen molar-refractivity contribution in [3.63, 3.8) is 0 Å². The number of H-pyrrole nitrogens is 2. The minimum atomic E-state index is -0.428. The molecule has 33 heavy (non-hydrogen) atoms. The Kier molecular flexibility index (Phi) is 4.37. The summed E-state index contributed by atoms with van der Waals surface area (Å²) < 4.78 is 14.8. The van der Waals surface area contributed by atoms with Gasteiger partial charge in [-0.25, -0.2) is 9.37 Å². The van der Waals surface area contributed by atoms with E-state index in [0.717, 1.165) is 16.0 Å². The molecule has 0 amide bonds. The molecule has 0 atom stereocenters. The van der Waals surface area contributed by atoms with Crippen molar-refractivity contribution in [3.05, 3.63) is 71.7 Å². The normalized spacial score (nSPS) is 11.5. The summed E-state index contributed by atoms with van der Waals surface area (Å²) in [5.74, 6) is 0.104. The monoisotopic (exact) mass is 454 g/mol. The predicted molar refractivity (Wildman–Crippen MR) is 125 cm³/mol. The van der Waals surface area contributed by atoms with Crippen LogP contribution in [0.4, 0.5) is 4.39 Å². The second-order valence-corrected chi connectivity index (χ2v) is 8.64. The number of hydrogen-bond acceptors (Lipinski definition) is 6. The van der Waals surface area contributed by atoms with Gasteiger partial charge < -0.3 is 4.98 Å². The van der Waals surface area contributed by atoms with Gasteiger partial charge in [-0.2, -0.15) is 5.10 Å². The summed E-state index contributed by atoms with van der Waals surface area (Å²) in [6.07, 6.45) is 5.06. The topological polar surface area (TPSA) is 100 Å². The number of pyridine rings is 2. The molecule has 0 aliphatic carbocycles. The molecule has 160 valence electrons. The molecule has 0 aliphatic rings. The van der Waals surface area contributed by atoms with Crippen molar-refractivity contribution in [3.8, 4) is 33.2 Å². The van der Waals surface area contributed by atoms with Gasteiger partial charge in [-0.1, -0.05) is 6.07 Å². The Labute approximate surface area is 190 Å². The third kappa shape index (κ3) is 3.21. The first kappa shape index (κ1) is 19.4. The number of benzene rings is 1. The molecule has 1 aromatic carbocycles. The van der Waals surface area contributed by atoms with Crippen LogP contribution in [0.5, 0.6) is 0 Å². The van der Waals surface area contributed by atoms with Crippen molar-refractivity contribution in [2.24, 2.45) is 0 Å². The summed E-state index contributed by atoms with van der Waals surface area (Å²) in [6, 6.07) is 12.5. The number of carbonyl (C=O) groups is 1. The Balaban J connectivity index is 1.51. The number of rotatable bonds is 4. The van der Waals surface area contributed by atoms with E-state index in [1.54, 1.807) is 31.6 Å². The molecule has 9 heteroatoms. The Morgan fingerprint density at radius 2 is 1.97 bits per heavy atom. The molecule has 0 unspecified atom stereocenters. The number of imidazole rings is 1. The summed E-state index contributed by atoms with van der Waals surface area (Å²) in [4.78, 5) is 29.9. The van der Waals surface area contributed by atoms with Gasteiger partial charge in [0.1, 0.15) is 22.4 Å². The van der Waals surface area contributed by atoms with Gasteiger partial charge in [-0.15, -0.1) is 11.3 Å². The van der Waals surface area contributed by atoms with Crippen LogP contribution < -0.4 is 0 Å². The Hall–Kier alpha value is -4.24. The second-order valence-electron chi connectivity index (χ2n) is 7.56. The van der Waals surface area contributed by atoms with E-state index in [1.165, 1.54) is 17.4 Å². The number of fused-ring (bicyclic) bond motifs is 2. The van der Waals surface area contributed by atoms with Crippen LogP contribution in [0, 0.1) is 5.82 Å². The number of halogens is 1. The van der Waals surface area contributed by atoms with Crippen LogP contribution in [0.1, 0.15) is 16.6 Å². The molecular weight excluding hydrogens is 439 g/mol. The van der Waals surface area contributed by atoms with Crippen molar-refractivity contribution in [2.75, 3.05) is 0 Å². The van der Waals surface area contributed by atoms with Crippen LogP contribution in [0.3, 0.4) is 0 Å². The maximum atomic E-state index is 14.8. The van der Waals surface area contributed by atoms with Crippen LogP contribution in [0.25, 0.3) is 55.2 Å². The van der Waals surface area contributed by atoms with E-state index in [9.17, 15) is 9.18 Å². The zero-order valence-electron chi connectivity index (χ0n) is 17.3. The molecule has 0 radical (unpaired) electrons. The molecule has 0 saturated heterocycles. The minimum Gasteiger partial charge on any atom is -0.337 e. The number of nitrogens with one attached hydrogen (secondary N) is 2. The summed E-state index contributed by atoms with van der Waals surface area (Å²) in [7, 11) is 0. The molecule has 6 aromatic rings. The standard InChI is InChI=1S/C24H15FN6OS/c1-12(32)18-4-5-19(33-18)23-22-17(6-8-27-23)28-24(29-22)21-15-9-14(13-3-2-7-26-11-13)10-16(25)20(15)30-31-21/h2-11H,1H3,(H,28,29)(H,30,31). The van der Waals surface area contributed by atoms with Crippen molar-refractivity contribution < 1.29 is 9.18 Å². The first-order valence-electron chi connectivity index (χ1n) is 10.1. The summed E-state index contributed by atoms with van der Waals surface area (Å²) in [5.41, 5.74) is 4.44. The smallest absolute Gasteiger partial charge is 0.169 e. The van der Waals surface area contributed by atoms with Crippen LogP contribution in [0.15, 0.2) is 61.1 Å². The lowest BCUT2D eigenvalue weighted by atomic mass is 10.0. The number of Topliss-reactive ketones (excluding diaryl/α,β-unsaturated/α-hetero) is 1. The number of hydrogen-bond donors (Lipinski definition) is 2. The molecule has 2 N–H and O–H groups in total. The van der Waals surface area contributed by atoms with Gasteiger partial charge in [-0.05, 0) is 48.9 Å². The highest BCUT2D eigenvalue weighted by molar-refractivity contribution is 7.17. The zero-order valence-corrected chi connectivity index (χ0v) is 18.1. The quantitative estimate of drug-likeness (QED) is 0.336.